The lowest BCUT2D eigenvalue weighted by molar-refractivity contribution is 0.0993. The van der Waals surface area contributed by atoms with Gasteiger partial charge >= 0.3 is 0 Å². The maximum Gasteiger partial charge on any atom is 0.168 e. The fourth-order valence-electron chi connectivity index (χ4n) is 2.35. The Morgan fingerprint density at radius 3 is 3.05 bits per heavy atom. The molecule has 3 rings (SSSR count). The number of hydrogen-bond donors (Lipinski definition) is 1. The van der Waals surface area contributed by atoms with Crippen LogP contribution in [-0.4, -0.2) is 12.3 Å². The van der Waals surface area contributed by atoms with Crippen LogP contribution in [0.3, 0.4) is 0 Å². The molecule has 19 heavy (non-hydrogen) atoms. The van der Waals surface area contributed by atoms with E-state index in [1.54, 1.807) is 11.3 Å². The molecule has 1 aromatic heterocycles. The molecule has 0 amide bonds. The number of Topliss-reactive ketones (excluding diaryl/α,β-unsaturated/α-hetero) is 1. The SMILES string of the molecule is O=C(Cc1sccc1Br)c1ccc2c(c1)CCCN2. The Morgan fingerprint density at radius 2 is 2.26 bits per heavy atom. The summed E-state index contributed by atoms with van der Waals surface area (Å²) in [6, 6.07) is 8.00. The third-order valence-corrected chi connectivity index (χ3v) is 5.30. The monoisotopic (exact) mass is 335 g/mol. The molecule has 0 unspecified atom stereocenters. The van der Waals surface area contributed by atoms with E-state index in [0.29, 0.717) is 6.42 Å². The van der Waals surface area contributed by atoms with Gasteiger partial charge in [-0.3, -0.25) is 4.79 Å². The number of thiophene rings is 1. The first-order valence-corrected chi connectivity index (χ1v) is 8.03. The molecular formula is C15H14BrNOS. The Hall–Kier alpha value is -1.13. The second-order valence-corrected chi connectivity index (χ2v) is 6.55. The van der Waals surface area contributed by atoms with E-state index < -0.39 is 0 Å². The molecule has 0 radical (unpaired) electrons. The van der Waals surface area contributed by atoms with Crippen molar-refractivity contribution < 1.29 is 4.79 Å². The van der Waals surface area contributed by atoms with Crippen LogP contribution in [-0.2, 0) is 12.8 Å². The van der Waals surface area contributed by atoms with E-state index in [9.17, 15) is 4.79 Å². The van der Waals surface area contributed by atoms with E-state index >= 15 is 0 Å². The minimum absolute atomic E-state index is 0.191. The summed E-state index contributed by atoms with van der Waals surface area (Å²) >= 11 is 5.10. The fraction of sp³-hybridized carbons (Fsp3) is 0.267. The zero-order valence-electron chi connectivity index (χ0n) is 10.4. The van der Waals surface area contributed by atoms with E-state index in [1.165, 1.54) is 11.3 Å². The number of rotatable bonds is 3. The van der Waals surface area contributed by atoms with Crippen LogP contribution in [0.1, 0.15) is 27.2 Å². The lowest BCUT2D eigenvalue weighted by atomic mass is 9.98. The number of ketones is 1. The average molecular weight is 336 g/mol. The molecule has 1 aliphatic heterocycles. The minimum Gasteiger partial charge on any atom is -0.385 e. The summed E-state index contributed by atoms with van der Waals surface area (Å²) in [4.78, 5) is 13.4. The van der Waals surface area contributed by atoms with Gasteiger partial charge in [0.1, 0.15) is 0 Å². The van der Waals surface area contributed by atoms with Gasteiger partial charge in [0, 0.05) is 33.6 Å². The molecule has 0 saturated carbocycles. The standard InChI is InChI=1S/C15H14BrNOS/c16-12-5-7-19-15(12)9-14(18)11-3-4-13-10(8-11)2-1-6-17-13/h3-5,7-8,17H,1-2,6,9H2. The topological polar surface area (TPSA) is 29.1 Å². The summed E-state index contributed by atoms with van der Waals surface area (Å²) in [5.41, 5.74) is 3.27. The van der Waals surface area contributed by atoms with E-state index in [1.807, 2.05) is 29.6 Å². The molecular weight excluding hydrogens is 322 g/mol. The van der Waals surface area contributed by atoms with Gasteiger partial charge in [-0.15, -0.1) is 11.3 Å². The molecule has 98 valence electrons. The van der Waals surface area contributed by atoms with Crippen LogP contribution in [0.15, 0.2) is 34.1 Å². The Labute approximate surface area is 125 Å². The highest BCUT2D eigenvalue weighted by Gasteiger charge is 2.14. The molecule has 1 N–H and O–H groups in total. The largest absolute Gasteiger partial charge is 0.385 e. The zero-order valence-corrected chi connectivity index (χ0v) is 12.8. The Balaban J connectivity index is 1.82. The van der Waals surface area contributed by atoms with Crippen LogP contribution in [0, 0.1) is 0 Å². The van der Waals surface area contributed by atoms with Gasteiger partial charge in [-0.05, 0) is 64.0 Å². The number of halogens is 1. The first-order chi connectivity index (χ1) is 9.24. The van der Waals surface area contributed by atoms with Crippen LogP contribution in [0.4, 0.5) is 5.69 Å². The van der Waals surface area contributed by atoms with Crippen LogP contribution in [0.5, 0.6) is 0 Å². The number of hydrogen-bond acceptors (Lipinski definition) is 3. The minimum atomic E-state index is 0.191. The summed E-state index contributed by atoms with van der Waals surface area (Å²) in [5, 5.41) is 5.37. The number of aryl methyl sites for hydroxylation is 1. The number of anilines is 1. The molecule has 4 heteroatoms. The van der Waals surface area contributed by atoms with Crippen molar-refractivity contribution in [3.8, 4) is 0 Å². The van der Waals surface area contributed by atoms with Crippen LogP contribution >= 0.6 is 27.3 Å². The molecule has 2 nitrogen and oxygen atoms in total. The molecule has 0 saturated heterocycles. The van der Waals surface area contributed by atoms with Crippen molar-refractivity contribution in [2.24, 2.45) is 0 Å². The number of benzene rings is 1. The van der Waals surface area contributed by atoms with Crippen molar-refractivity contribution in [1.82, 2.24) is 0 Å². The van der Waals surface area contributed by atoms with Crippen molar-refractivity contribution in [3.05, 3.63) is 50.1 Å². The third kappa shape index (κ3) is 2.74. The van der Waals surface area contributed by atoms with Gasteiger partial charge in [-0.1, -0.05) is 0 Å². The van der Waals surface area contributed by atoms with E-state index in [4.69, 9.17) is 0 Å². The molecule has 1 aliphatic rings. The number of fused-ring (bicyclic) bond motifs is 1. The van der Waals surface area contributed by atoms with Crippen molar-refractivity contribution in [3.63, 3.8) is 0 Å². The quantitative estimate of drug-likeness (QED) is 0.847. The zero-order chi connectivity index (χ0) is 13.2. The highest BCUT2D eigenvalue weighted by atomic mass is 79.9. The van der Waals surface area contributed by atoms with Crippen molar-refractivity contribution in [2.45, 2.75) is 19.3 Å². The highest BCUT2D eigenvalue weighted by Crippen LogP contribution is 2.26. The van der Waals surface area contributed by atoms with Gasteiger partial charge in [0.15, 0.2) is 5.78 Å². The molecule has 0 aliphatic carbocycles. The van der Waals surface area contributed by atoms with Crippen molar-refractivity contribution in [2.75, 3.05) is 11.9 Å². The molecule has 1 aromatic carbocycles. The molecule has 0 bridgehead atoms. The van der Waals surface area contributed by atoms with Gasteiger partial charge in [-0.2, -0.15) is 0 Å². The summed E-state index contributed by atoms with van der Waals surface area (Å²) in [6.07, 6.45) is 2.68. The maximum absolute atomic E-state index is 12.3. The van der Waals surface area contributed by atoms with Crippen molar-refractivity contribution in [1.29, 1.82) is 0 Å². The van der Waals surface area contributed by atoms with Crippen LogP contribution < -0.4 is 5.32 Å². The second-order valence-electron chi connectivity index (χ2n) is 4.69. The Bertz CT molecular complexity index is 620. The molecule has 2 heterocycles. The lowest BCUT2D eigenvalue weighted by Crippen LogP contribution is -2.13. The maximum atomic E-state index is 12.3. The number of carbonyl (C=O) groups excluding carboxylic acids is 1. The third-order valence-electron chi connectivity index (χ3n) is 3.38. The van der Waals surface area contributed by atoms with Crippen LogP contribution in [0.25, 0.3) is 0 Å². The smallest absolute Gasteiger partial charge is 0.168 e. The summed E-state index contributed by atoms with van der Waals surface area (Å²) < 4.78 is 1.03. The summed E-state index contributed by atoms with van der Waals surface area (Å²) in [7, 11) is 0. The fourth-order valence-corrected chi connectivity index (χ4v) is 3.84. The molecule has 0 atom stereocenters. The van der Waals surface area contributed by atoms with E-state index in [-0.39, 0.29) is 5.78 Å². The van der Waals surface area contributed by atoms with Gasteiger partial charge in [0.2, 0.25) is 0 Å². The number of nitrogens with one attached hydrogen (secondary N) is 1. The van der Waals surface area contributed by atoms with Gasteiger partial charge in [0.25, 0.3) is 0 Å². The van der Waals surface area contributed by atoms with Crippen molar-refractivity contribution >= 4 is 38.7 Å². The Kier molecular flexibility index (Phi) is 3.71. The summed E-state index contributed by atoms with van der Waals surface area (Å²) in [5.74, 6) is 0.191. The second kappa shape index (κ2) is 5.47. The lowest BCUT2D eigenvalue weighted by Gasteiger charge is -2.18. The van der Waals surface area contributed by atoms with Gasteiger partial charge in [-0.25, -0.2) is 0 Å². The average Bonchev–Trinajstić information content (AvgIpc) is 2.84. The van der Waals surface area contributed by atoms with Gasteiger partial charge in [0.05, 0.1) is 0 Å². The molecule has 2 aromatic rings. The van der Waals surface area contributed by atoms with E-state index in [0.717, 1.165) is 34.3 Å². The normalized spacial score (nSPS) is 13.7. The van der Waals surface area contributed by atoms with Gasteiger partial charge < -0.3 is 5.32 Å². The molecule has 0 fully saturated rings. The predicted molar refractivity (Wildman–Crippen MR) is 83.3 cm³/mol. The van der Waals surface area contributed by atoms with Crippen LogP contribution in [0.2, 0.25) is 0 Å². The first-order valence-electron chi connectivity index (χ1n) is 6.36. The Morgan fingerprint density at radius 1 is 1.37 bits per heavy atom. The molecule has 0 spiro atoms. The van der Waals surface area contributed by atoms with E-state index in [2.05, 4.69) is 21.2 Å². The number of carbonyl (C=O) groups is 1. The summed E-state index contributed by atoms with van der Waals surface area (Å²) in [6.45, 7) is 1.03. The predicted octanol–water partition coefficient (Wildman–Crippen LogP) is 4.29. The highest BCUT2D eigenvalue weighted by molar-refractivity contribution is 9.10. The first kappa shape index (κ1) is 12.9.